The van der Waals surface area contributed by atoms with E-state index in [1.54, 1.807) is 0 Å². The lowest BCUT2D eigenvalue weighted by molar-refractivity contribution is 0.143. The van der Waals surface area contributed by atoms with Crippen LogP contribution in [0.15, 0.2) is 4.99 Å². The minimum absolute atomic E-state index is 0.575. The number of hydrogen-bond donors (Lipinski definition) is 2. The van der Waals surface area contributed by atoms with E-state index in [0.717, 1.165) is 32.1 Å². The first kappa shape index (κ1) is 22.2. The molecule has 2 N–H and O–H groups in total. The lowest BCUT2D eigenvalue weighted by Crippen LogP contribution is -2.45. The van der Waals surface area contributed by atoms with Gasteiger partial charge in [0.25, 0.3) is 0 Å². The van der Waals surface area contributed by atoms with Gasteiger partial charge in [0.05, 0.1) is 0 Å². The van der Waals surface area contributed by atoms with E-state index in [0.29, 0.717) is 24.0 Å². The van der Waals surface area contributed by atoms with Gasteiger partial charge in [-0.3, -0.25) is 9.89 Å². The van der Waals surface area contributed by atoms with Crippen molar-refractivity contribution < 1.29 is 0 Å². The molecule has 5 heteroatoms. The minimum Gasteiger partial charge on any atom is -0.357 e. The third-order valence-corrected chi connectivity index (χ3v) is 5.12. The standard InChI is InChI=1S/C20H43N5/c1-8-21-20(22-11-13-25(17(4)5)18(6)7)23-14-19-10-9-12-24(15-19)16(2)3/h16-19H,8-15H2,1-7H3,(H2,21,22,23). The average molecular weight is 354 g/mol. The second-order valence-corrected chi connectivity index (χ2v) is 8.17. The van der Waals surface area contributed by atoms with Crippen LogP contribution < -0.4 is 10.6 Å². The molecule has 0 amide bonds. The maximum atomic E-state index is 4.87. The largest absolute Gasteiger partial charge is 0.357 e. The molecule has 0 aliphatic carbocycles. The summed E-state index contributed by atoms with van der Waals surface area (Å²) in [6, 6.07) is 1.80. The molecule has 0 aromatic rings. The Morgan fingerprint density at radius 2 is 1.80 bits per heavy atom. The van der Waals surface area contributed by atoms with Gasteiger partial charge in [-0.25, -0.2) is 0 Å². The molecule has 5 nitrogen and oxygen atoms in total. The summed E-state index contributed by atoms with van der Waals surface area (Å²) in [5.74, 6) is 1.66. The molecular weight excluding hydrogens is 310 g/mol. The van der Waals surface area contributed by atoms with Gasteiger partial charge in [-0.1, -0.05) is 0 Å². The van der Waals surface area contributed by atoms with Crippen molar-refractivity contribution in [2.24, 2.45) is 10.9 Å². The number of piperidine rings is 1. The summed E-state index contributed by atoms with van der Waals surface area (Å²) in [5.41, 5.74) is 0. The fourth-order valence-electron chi connectivity index (χ4n) is 3.69. The van der Waals surface area contributed by atoms with Crippen LogP contribution in [0.1, 0.15) is 61.3 Å². The Kier molecular flexibility index (Phi) is 10.4. The van der Waals surface area contributed by atoms with Crippen molar-refractivity contribution in [1.82, 2.24) is 20.4 Å². The van der Waals surface area contributed by atoms with Gasteiger partial charge in [0.2, 0.25) is 0 Å². The van der Waals surface area contributed by atoms with Crippen molar-refractivity contribution >= 4 is 5.96 Å². The summed E-state index contributed by atoms with van der Waals surface area (Å²) in [5, 5.41) is 6.91. The van der Waals surface area contributed by atoms with Gasteiger partial charge in [-0.05, 0) is 73.8 Å². The van der Waals surface area contributed by atoms with Gasteiger partial charge in [-0.2, -0.15) is 0 Å². The van der Waals surface area contributed by atoms with Crippen molar-refractivity contribution in [3.8, 4) is 0 Å². The zero-order valence-corrected chi connectivity index (χ0v) is 17.8. The molecule has 1 rings (SSSR count). The van der Waals surface area contributed by atoms with Crippen molar-refractivity contribution in [3.05, 3.63) is 0 Å². The third-order valence-electron chi connectivity index (χ3n) is 5.12. The Labute approximate surface area is 156 Å². The van der Waals surface area contributed by atoms with E-state index < -0.39 is 0 Å². The fraction of sp³-hybridized carbons (Fsp3) is 0.950. The molecule has 1 unspecified atom stereocenters. The maximum Gasteiger partial charge on any atom is 0.191 e. The van der Waals surface area contributed by atoms with Crippen LogP contribution in [0.25, 0.3) is 0 Å². The Hall–Kier alpha value is -0.810. The van der Waals surface area contributed by atoms with Gasteiger partial charge in [0.1, 0.15) is 0 Å². The van der Waals surface area contributed by atoms with E-state index in [2.05, 4.69) is 68.9 Å². The number of likely N-dealkylation sites (tertiary alicyclic amines) is 1. The van der Waals surface area contributed by atoms with E-state index in [-0.39, 0.29) is 0 Å². The van der Waals surface area contributed by atoms with Gasteiger partial charge < -0.3 is 15.5 Å². The first-order chi connectivity index (χ1) is 11.8. The van der Waals surface area contributed by atoms with Gasteiger partial charge >= 0.3 is 0 Å². The Morgan fingerprint density at radius 3 is 2.36 bits per heavy atom. The van der Waals surface area contributed by atoms with Crippen LogP contribution in [0.5, 0.6) is 0 Å². The highest BCUT2D eigenvalue weighted by atomic mass is 15.2. The molecular formula is C20H43N5. The third kappa shape index (κ3) is 8.41. The molecule has 0 radical (unpaired) electrons. The fourth-order valence-corrected chi connectivity index (χ4v) is 3.69. The highest BCUT2D eigenvalue weighted by molar-refractivity contribution is 5.79. The summed E-state index contributed by atoms with van der Waals surface area (Å²) in [6.45, 7) is 22.0. The van der Waals surface area contributed by atoms with Crippen molar-refractivity contribution in [2.45, 2.75) is 79.4 Å². The summed E-state index contributed by atoms with van der Waals surface area (Å²) in [4.78, 5) is 9.97. The monoisotopic (exact) mass is 353 g/mol. The topological polar surface area (TPSA) is 42.9 Å². The quantitative estimate of drug-likeness (QED) is 0.494. The predicted octanol–water partition coefficient (Wildman–Crippen LogP) is 2.78. The maximum absolute atomic E-state index is 4.87. The molecule has 1 aliphatic heterocycles. The van der Waals surface area contributed by atoms with E-state index >= 15 is 0 Å². The number of rotatable bonds is 9. The van der Waals surface area contributed by atoms with Crippen molar-refractivity contribution in [1.29, 1.82) is 0 Å². The average Bonchev–Trinajstić information content (AvgIpc) is 2.55. The SMILES string of the molecule is CCNC(=NCC1CCCN(C(C)C)C1)NCCN(C(C)C)C(C)C. The Bertz CT molecular complexity index is 370. The summed E-state index contributed by atoms with van der Waals surface area (Å²) >= 11 is 0. The van der Waals surface area contributed by atoms with Crippen LogP contribution in [0, 0.1) is 5.92 Å². The zero-order chi connectivity index (χ0) is 18.8. The molecule has 25 heavy (non-hydrogen) atoms. The Balaban J connectivity index is 2.48. The van der Waals surface area contributed by atoms with E-state index in [4.69, 9.17) is 4.99 Å². The summed E-state index contributed by atoms with van der Waals surface area (Å²) < 4.78 is 0. The van der Waals surface area contributed by atoms with Crippen LogP contribution in [-0.4, -0.2) is 73.2 Å². The number of hydrogen-bond acceptors (Lipinski definition) is 3. The molecule has 0 spiro atoms. The zero-order valence-electron chi connectivity index (χ0n) is 17.8. The molecule has 1 heterocycles. The van der Waals surface area contributed by atoms with Gasteiger partial charge in [0.15, 0.2) is 5.96 Å². The van der Waals surface area contributed by atoms with Gasteiger partial charge in [0, 0.05) is 50.8 Å². The summed E-state index contributed by atoms with van der Waals surface area (Å²) in [6.07, 6.45) is 2.61. The molecule has 1 atom stereocenters. The molecule has 0 saturated carbocycles. The molecule has 0 aromatic heterocycles. The number of nitrogens with one attached hydrogen (secondary N) is 2. The van der Waals surface area contributed by atoms with Crippen LogP contribution in [0.2, 0.25) is 0 Å². The van der Waals surface area contributed by atoms with Gasteiger partial charge in [-0.15, -0.1) is 0 Å². The normalized spacial score (nSPS) is 20.1. The molecule has 1 saturated heterocycles. The second kappa shape index (κ2) is 11.7. The molecule has 1 fully saturated rings. The second-order valence-electron chi connectivity index (χ2n) is 8.17. The molecule has 0 aromatic carbocycles. The van der Waals surface area contributed by atoms with Crippen LogP contribution in [-0.2, 0) is 0 Å². The smallest absolute Gasteiger partial charge is 0.191 e. The molecule has 148 valence electrons. The lowest BCUT2D eigenvalue weighted by Gasteiger charge is -2.35. The molecule has 0 bridgehead atoms. The van der Waals surface area contributed by atoms with Crippen molar-refractivity contribution in [2.75, 3.05) is 39.3 Å². The van der Waals surface area contributed by atoms with Crippen molar-refractivity contribution in [3.63, 3.8) is 0 Å². The van der Waals surface area contributed by atoms with E-state index in [1.807, 2.05) is 0 Å². The first-order valence-corrected chi connectivity index (χ1v) is 10.4. The number of aliphatic imine (C=N–C) groups is 1. The number of guanidine groups is 1. The number of nitrogens with zero attached hydrogens (tertiary/aromatic N) is 3. The van der Waals surface area contributed by atoms with Crippen LogP contribution in [0.3, 0.4) is 0 Å². The highest BCUT2D eigenvalue weighted by Crippen LogP contribution is 2.18. The predicted molar refractivity (Wildman–Crippen MR) is 110 cm³/mol. The van der Waals surface area contributed by atoms with Crippen LogP contribution >= 0.6 is 0 Å². The van der Waals surface area contributed by atoms with Crippen LogP contribution in [0.4, 0.5) is 0 Å². The van der Waals surface area contributed by atoms with E-state index in [9.17, 15) is 0 Å². The molecule has 1 aliphatic rings. The Morgan fingerprint density at radius 1 is 1.12 bits per heavy atom. The van der Waals surface area contributed by atoms with E-state index in [1.165, 1.54) is 25.9 Å². The summed E-state index contributed by atoms with van der Waals surface area (Å²) in [7, 11) is 0. The lowest BCUT2D eigenvalue weighted by atomic mass is 9.97. The highest BCUT2D eigenvalue weighted by Gasteiger charge is 2.21. The first-order valence-electron chi connectivity index (χ1n) is 10.4. The minimum atomic E-state index is 0.575.